The third-order valence-corrected chi connectivity index (χ3v) is 13.8. The van der Waals surface area contributed by atoms with Crippen molar-refractivity contribution >= 4 is 45.5 Å². The normalized spacial score (nSPS) is 12.5. The van der Waals surface area contributed by atoms with Crippen molar-refractivity contribution in [2.45, 2.75) is 136 Å². The van der Waals surface area contributed by atoms with Crippen LogP contribution in [0.2, 0.25) is 0 Å². The molecule has 0 atom stereocenters. The van der Waals surface area contributed by atoms with E-state index >= 15 is 0 Å². The number of thiophene rings is 2. The molecule has 0 spiro atoms. The third-order valence-electron chi connectivity index (χ3n) is 12.1. The molecule has 0 fully saturated rings. The summed E-state index contributed by atoms with van der Waals surface area (Å²) in [7, 11) is 0. The maximum absolute atomic E-state index is 14.8. The van der Waals surface area contributed by atoms with Crippen LogP contribution in [-0.2, 0) is 0 Å². The van der Waals surface area contributed by atoms with Crippen LogP contribution in [0, 0.1) is 0 Å². The number of amides is 2. The fourth-order valence-electron chi connectivity index (χ4n) is 8.65. The van der Waals surface area contributed by atoms with Crippen molar-refractivity contribution in [1.82, 2.24) is 14.9 Å². The first kappa shape index (κ1) is 46.1. The molecule has 7 rings (SSSR count). The van der Waals surface area contributed by atoms with Gasteiger partial charge in [-0.2, -0.15) is 0 Å². The number of nitrogens with zero attached hydrogens (tertiary/aromatic N) is 3. The predicted octanol–water partition coefficient (Wildman–Crippen LogP) is 15.9. The van der Waals surface area contributed by atoms with Crippen molar-refractivity contribution in [2.75, 3.05) is 19.8 Å². The Hall–Kier alpha value is -4.86. The lowest BCUT2D eigenvalue weighted by molar-refractivity contribution is 0.0652. The standard InChI is InChI=1S/C54H65N3O4S2/c1-4-7-10-13-16-19-32-57-53(58)47-45(43-30-24-35-62-43)51-52(46(48(47)54(57)59)44-31-25-36-63-44)56-50(40-27-23-29-42(38-40)61-34-21-18-15-12-9-6-3)49(55-51)39-26-22-28-41(37-39)60-33-20-17-14-11-8-5-2/h22-31,35-38H,4-21,32-34H2,1-3H3. The van der Waals surface area contributed by atoms with Crippen molar-refractivity contribution in [3.63, 3.8) is 0 Å². The topological polar surface area (TPSA) is 81.6 Å². The second kappa shape index (κ2) is 23.7. The zero-order valence-electron chi connectivity index (χ0n) is 37.7. The number of fused-ring (bicyclic) bond motifs is 2. The Balaban J connectivity index is 1.35. The molecule has 0 bridgehead atoms. The minimum absolute atomic E-state index is 0.251. The van der Waals surface area contributed by atoms with Gasteiger partial charge in [-0.1, -0.05) is 153 Å². The summed E-state index contributed by atoms with van der Waals surface area (Å²) in [6, 6.07) is 24.3. The average molecular weight is 884 g/mol. The molecule has 7 nitrogen and oxygen atoms in total. The highest BCUT2D eigenvalue weighted by Gasteiger charge is 2.42. The Morgan fingerprint density at radius 2 is 0.889 bits per heavy atom. The van der Waals surface area contributed by atoms with Gasteiger partial charge >= 0.3 is 0 Å². The second-order valence-corrected chi connectivity index (χ2v) is 18.8. The van der Waals surface area contributed by atoms with Gasteiger partial charge in [-0.05, 0) is 66.4 Å². The van der Waals surface area contributed by atoms with Crippen LogP contribution in [0.15, 0.2) is 83.6 Å². The number of imide groups is 1. The molecule has 6 aromatic rings. The average Bonchev–Trinajstić information content (AvgIpc) is 4.09. The molecule has 4 heterocycles. The molecular weight excluding hydrogens is 819 g/mol. The summed E-state index contributed by atoms with van der Waals surface area (Å²) in [5, 5.41) is 4.03. The molecule has 1 aliphatic rings. The van der Waals surface area contributed by atoms with Crippen LogP contribution in [-0.4, -0.2) is 46.4 Å². The van der Waals surface area contributed by atoms with Gasteiger partial charge in [0.1, 0.15) is 11.5 Å². The Morgan fingerprint density at radius 3 is 1.30 bits per heavy atom. The molecule has 0 aliphatic carbocycles. The Bertz CT molecular complexity index is 2230. The fraction of sp³-hybridized carbons (Fsp3) is 0.444. The number of ether oxygens (including phenoxy) is 2. The van der Waals surface area contributed by atoms with E-state index in [2.05, 4.69) is 45.0 Å². The fourth-order valence-corrected chi connectivity index (χ4v) is 10.2. The molecule has 1 aliphatic heterocycles. The molecule has 332 valence electrons. The van der Waals surface area contributed by atoms with Gasteiger partial charge in [0.2, 0.25) is 0 Å². The molecule has 0 N–H and O–H groups in total. The van der Waals surface area contributed by atoms with Crippen LogP contribution < -0.4 is 9.47 Å². The summed E-state index contributed by atoms with van der Waals surface area (Å²) in [4.78, 5) is 44.0. The van der Waals surface area contributed by atoms with Gasteiger partial charge in [-0.25, -0.2) is 9.97 Å². The molecule has 3 aromatic heterocycles. The summed E-state index contributed by atoms with van der Waals surface area (Å²) in [6.45, 7) is 8.38. The number of carbonyl (C=O) groups excluding carboxylic acids is 2. The number of aromatic nitrogens is 2. The van der Waals surface area contributed by atoms with Gasteiger partial charge in [0.05, 0.1) is 46.8 Å². The largest absolute Gasteiger partial charge is 0.494 e. The van der Waals surface area contributed by atoms with E-state index in [4.69, 9.17) is 19.4 Å². The molecule has 0 radical (unpaired) electrons. The van der Waals surface area contributed by atoms with Crippen LogP contribution in [0.3, 0.4) is 0 Å². The molecule has 9 heteroatoms. The quantitative estimate of drug-likeness (QED) is 0.0379. The Kier molecular flexibility index (Phi) is 17.4. The zero-order valence-corrected chi connectivity index (χ0v) is 39.4. The Labute approximate surface area is 383 Å². The maximum Gasteiger partial charge on any atom is 0.262 e. The number of hydrogen-bond acceptors (Lipinski definition) is 8. The number of unbranched alkanes of at least 4 members (excludes halogenated alkanes) is 15. The van der Waals surface area contributed by atoms with Crippen molar-refractivity contribution in [2.24, 2.45) is 0 Å². The van der Waals surface area contributed by atoms with Gasteiger partial charge in [0.25, 0.3) is 11.8 Å². The van der Waals surface area contributed by atoms with E-state index < -0.39 is 0 Å². The van der Waals surface area contributed by atoms with Gasteiger partial charge in [0.15, 0.2) is 0 Å². The Morgan fingerprint density at radius 1 is 0.476 bits per heavy atom. The van der Waals surface area contributed by atoms with Gasteiger partial charge < -0.3 is 9.47 Å². The van der Waals surface area contributed by atoms with Crippen LogP contribution >= 0.6 is 22.7 Å². The molecule has 0 saturated heterocycles. The molecule has 63 heavy (non-hydrogen) atoms. The zero-order chi connectivity index (χ0) is 43.8. The van der Waals surface area contributed by atoms with E-state index in [0.717, 1.165) is 77.3 Å². The summed E-state index contributed by atoms with van der Waals surface area (Å²) in [6.07, 6.45) is 20.7. The van der Waals surface area contributed by atoms with Crippen molar-refractivity contribution in [3.05, 3.63) is 94.7 Å². The first-order chi connectivity index (χ1) is 31.0. The van der Waals surface area contributed by atoms with E-state index in [1.807, 2.05) is 59.3 Å². The SMILES string of the molecule is CCCCCCCCOc1cccc(-c2nc3c(-c4cccs4)c4c(c(-c5cccs5)c3nc2-c2cccc(OCCCCCCCC)c2)C(=O)N(CCCCCCCC)C4=O)c1. The first-order valence-corrected chi connectivity index (χ1v) is 25.6. The summed E-state index contributed by atoms with van der Waals surface area (Å²) < 4.78 is 12.7. The van der Waals surface area contributed by atoms with Crippen LogP contribution in [0.1, 0.15) is 157 Å². The minimum Gasteiger partial charge on any atom is -0.494 e. The smallest absolute Gasteiger partial charge is 0.262 e. The molecule has 3 aromatic carbocycles. The van der Waals surface area contributed by atoms with E-state index in [1.165, 1.54) is 75.5 Å². The van der Waals surface area contributed by atoms with E-state index in [0.29, 0.717) is 64.4 Å². The van der Waals surface area contributed by atoms with E-state index in [9.17, 15) is 9.59 Å². The molecule has 0 saturated carbocycles. The van der Waals surface area contributed by atoms with E-state index in [-0.39, 0.29) is 11.8 Å². The van der Waals surface area contributed by atoms with Gasteiger partial charge in [-0.3, -0.25) is 14.5 Å². The molecular formula is C54H65N3O4S2. The lowest BCUT2D eigenvalue weighted by atomic mass is 9.92. The van der Waals surface area contributed by atoms with Crippen molar-refractivity contribution < 1.29 is 19.1 Å². The second-order valence-electron chi connectivity index (χ2n) is 16.9. The number of rotatable bonds is 27. The van der Waals surface area contributed by atoms with Crippen LogP contribution in [0.5, 0.6) is 11.5 Å². The summed E-state index contributed by atoms with van der Waals surface area (Å²) in [5.41, 5.74) is 6.49. The molecule has 2 amide bonds. The monoisotopic (exact) mass is 883 g/mol. The molecule has 0 unspecified atom stereocenters. The number of hydrogen-bond donors (Lipinski definition) is 0. The van der Waals surface area contributed by atoms with Gasteiger partial charge in [-0.15, -0.1) is 22.7 Å². The maximum atomic E-state index is 14.8. The van der Waals surface area contributed by atoms with Crippen molar-refractivity contribution in [3.8, 4) is 54.9 Å². The number of benzene rings is 3. The number of carbonyl (C=O) groups is 2. The lowest BCUT2D eigenvalue weighted by Gasteiger charge is -2.18. The minimum atomic E-state index is -0.251. The van der Waals surface area contributed by atoms with Crippen molar-refractivity contribution in [1.29, 1.82) is 0 Å². The van der Waals surface area contributed by atoms with E-state index in [1.54, 1.807) is 22.7 Å². The van der Waals surface area contributed by atoms with Crippen LogP contribution in [0.25, 0.3) is 54.4 Å². The first-order valence-electron chi connectivity index (χ1n) is 23.9. The summed E-state index contributed by atoms with van der Waals surface area (Å²) in [5.74, 6) is 1.06. The summed E-state index contributed by atoms with van der Waals surface area (Å²) >= 11 is 3.10. The lowest BCUT2D eigenvalue weighted by Crippen LogP contribution is -2.30. The third kappa shape index (κ3) is 11.5. The van der Waals surface area contributed by atoms with Crippen LogP contribution in [0.4, 0.5) is 0 Å². The highest BCUT2D eigenvalue weighted by Crippen LogP contribution is 2.48. The van der Waals surface area contributed by atoms with Gasteiger partial charge in [0, 0.05) is 38.6 Å². The highest BCUT2D eigenvalue weighted by atomic mass is 32.1. The predicted molar refractivity (Wildman–Crippen MR) is 264 cm³/mol. The highest BCUT2D eigenvalue weighted by molar-refractivity contribution is 7.14.